The third kappa shape index (κ3) is 7.02. The molecule has 0 radical (unpaired) electrons. The molecule has 11 heteroatoms. The average Bonchev–Trinajstić information content (AvgIpc) is 2.59. The van der Waals surface area contributed by atoms with E-state index in [1.54, 1.807) is 11.8 Å². The second-order valence-corrected chi connectivity index (χ2v) is 7.67. The lowest BCUT2D eigenvalue weighted by molar-refractivity contribution is -0.155. The molecule has 162 valence electrons. The van der Waals surface area contributed by atoms with E-state index in [4.69, 9.17) is 17.3 Å². The van der Waals surface area contributed by atoms with E-state index in [1.165, 1.54) is 6.92 Å². The Bertz CT molecular complexity index is 728. The van der Waals surface area contributed by atoms with Gasteiger partial charge in [0.1, 0.15) is 29.3 Å². The van der Waals surface area contributed by atoms with Gasteiger partial charge in [-0.15, -0.1) is 0 Å². The number of piperidine rings is 1. The van der Waals surface area contributed by atoms with E-state index < -0.39 is 24.5 Å². The highest BCUT2D eigenvalue weighted by Gasteiger charge is 2.33. The molecule has 1 unspecified atom stereocenters. The van der Waals surface area contributed by atoms with Crippen molar-refractivity contribution < 1.29 is 22.8 Å². The first-order valence-electron chi connectivity index (χ1n) is 9.39. The normalized spacial score (nSPS) is 16.6. The van der Waals surface area contributed by atoms with Crippen LogP contribution in [0.15, 0.2) is 0 Å². The Morgan fingerprint density at radius 3 is 2.48 bits per heavy atom. The van der Waals surface area contributed by atoms with Gasteiger partial charge in [0.15, 0.2) is 0 Å². The summed E-state index contributed by atoms with van der Waals surface area (Å²) in [6.07, 6.45) is -3.25. The van der Waals surface area contributed by atoms with Gasteiger partial charge >= 0.3 is 6.18 Å². The molecule has 2 rings (SSSR count). The van der Waals surface area contributed by atoms with Crippen LogP contribution in [0.4, 0.5) is 19.0 Å². The number of rotatable bonds is 6. The Morgan fingerprint density at radius 1 is 1.31 bits per heavy atom. The number of carbonyl (C=O) groups is 2. The fraction of sp³-hybridized carbons (Fsp3) is 0.667. The molecule has 0 aliphatic carbocycles. The van der Waals surface area contributed by atoms with Crippen LogP contribution in [0.25, 0.3) is 0 Å². The third-order valence-corrected chi connectivity index (χ3v) is 5.25. The molecule has 0 aromatic carbocycles. The molecule has 2 heterocycles. The van der Waals surface area contributed by atoms with Gasteiger partial charge in [-0.25, -0.2) is 9.97 Å². The summed E-state index contributed by atoms with van der Waals surface area (Å²) in [5.41, 5.74) is 6.64. The van der Waals surface area contributed by atoms with Gasteiger partial charge in [-0.2, -0.15) is 13.2 Å². The van der Waals surface area contributed by atoms with Gasteiger partial charge in [0, 0.05) is 18.7 Å². The van der Waals surface area contributed by atoms with Crippen LogP contribution in [0.1, 0.15) is 44.0 Å². The summed E-state index contributed by atoms with van der Waals surface area (Å²) in [4.78, 5) is 33.6. The summed E-state index contributed by atoms with van der Waals surface area (Å²) >= 11 is 6.14. The zero-order valence-electron chi connectivity index (χ0n) is 16.4. The van der Waals surface area contributed by atoms with Gasteiger partial charge < -0.3 is 16.0 Å². The molecule has 1 aromatic heterocycles. The fourth-order valence-electron chi connectivity index (χ4n) is 3.41. The molecule has 1 saturated heterocycles. The predicted octanol–water partition coefficient (Wildman–Crippen LogP) is 2.65. The predicted molar refractivity (Wildman–Crippen MR) is 102 cm³/mol. The van der Waals surface area contributed by atoms with Crippen LogP contribution in [-0.2, 0) is 16.0 Å². The smallest absolute Gasteiger partial charge is 0.383 e. The van der Waals surface area contributed by atoms with Gasteiger partial charge in [0.05, 0.1) is 0 Å². The summed E-state index contributed by atoms with van der Waals surface area (Å²) in [5, 5.41) is 2.47. The molecule has 1 aliphatic rings. The number of hydrogen-bond acceptors (Lipinski definition) is 5. The number of nitrogens with one attached hydrogen (secondary N) is 1. The quantitative estimate of drug-likeness (QED) is 0.669. The van der Waals surface area contributed by atoms with Gasteiger partial charge in [-0.3, -0.25) is 9.59 Å². The van der Waals surface area contributed by atoms with E-state index in [0.717, 1.165) is 24.8 Å². The average molecular weight is 436 g/mol. The fourth-order valence-corrected chi connectivity index (χ4v) is 3.73. The summed E-state index contributed by atoms with van der Waals surface area (Å²) in [7, 11) is 0. The third-order valence-electron chi connectivity index (χ3n) is 4.94. The number of halogens is 4. The molecule has 1 fully saturated rings. The molecule has 2 amide bonds. The van der Waals surface area contributed by atoms with E-state index in [-0.39, 0.29) is 5.91 Å². The maximum absolute atomic E-state index is 12.4. The van der Waals surface area contributed by atoms with Crippen molar-refractivity contribution in [1.82, 2.24) is 20.2 Å². The van der Waals surface area contributed by atoms with Crippen molar-refractivity contribution in [2.45, 2.75) is 58.2 Å². The van der Waals surface area contributed by atoms with Crippen molar-refractivity contribution in [2.75, 3.05) is 18.8 Å². The first-order chi connectivity index (χ1) is 13.5. The monoisotopic (exact) mass is 435 g/mol. The van der Waals surface area contributed by atoms with Gasteiger partial charge in [0.2, 0.25) is 11.8 Å². The van der Waals surface area contributed by atoms with Crippen molar-refractivity contribution >= 4 is 29.2 Å². The number of carbonyl (C=O) groups excluding carboxylic acids is 2. The zero-order chi connectivity index (χ0) is 21.8. The largest absolute Gasteiger partial charge is 0.397 e. The second kappa shape index (κ2) is 9.60. The Balaban J connectivity index is 1.80. The number of likely N-dealkylation sites (tertiary alicyclic amines) is 1. The van der Waals surface area contributed by atoms with Gasteiger partial charge in [-0.05, 0) is 45.4 Å². The number of aromatic nitrogens is 2. The lowest BCUT2D eigenvalue weighted by Crippen LogP contribution is -2.49. The zero-order valence-corrected chi connectivity index (χ0v) is 17.1. The Hall–Kier alpha value is -2.10. The Kier molecular flexibility index (Phi) is 7.67. The van der Waals surface area contributed by atoms with Crippen molar-refractivity contribution in [3.63, 3.8) is 0 Å². The minimum Gasteiger partial charge on any atom is -0.383 e. The minimum absolute atomic E-state index is 0.353. The van der Waals surface area contributed by atoms with Gasteiger partial charge in [0.25, 0.3) is 0 Å². The lowest BCUT2D eigenvalue weighted by atomic mass is 9.90. The summed E-state index contributed by atoms with van der Waals surface area (Å²) in [5.74, 6) is -0.342. The SMILES string of the molecule is Cc1nc(N)c(CCC2CCN(C(=O)C(C)NC(=O)CC(F)(F)F)CC2)c(Cl)n1. The van der Waals surface area contributed by atoms with Crippen LogP contribution in [-0.4, -0.2) is 52.0 Å². The first-order valence-corrected chi connectivity index (χ1v) is 9.77. The molecule has 7 nitrogen and oxygen atoms in total. The minimum atomic E-state index is -4.60. The number of amides is 2. The molecule has 1 atom stereocenters. The van der Waals surface area contributed by atoms with Crippen LogP contribution < -0.4 is 11.1 Å². The number of anilines is 1. The van der Waals surface area contributed by atoms with E-state index in [0.29, 0.717) is 42.2 Å². The number of hydrogen-bond donors (Lipinski definition) is 2. The number of nitrogens with zero attached hydrogens (tertiary/aromatic N) is 3. The molecular weight excluding hydrogens is 411 g/mol. The number of nitrogens with two attached hydrogens (primary N) is 1. The van der Waals surface area contributed by atoms with E-state index >= 15 is 0 Å². The maximum Gasteiger partial charge on any atom is 0.397 e. The Labute approximate surface area is 172 Å². The highest BCUT2D eigenvalue weighted by molar-refractivity contribution is 6.30. The highest BCUT2D eigenvalue weighted by atomic mass is 35.5. The molecule has 0 saturated carbocycles. The number of alkyl halides is 3. The van der Waals surface area contributed by atoms with E-state index in [2.05, 4.69) is 15.3 Å². The highest BCUT2D eigenvalue weighted by Crippen LogP contribution is 2.27. The standard InChI is InChI=1S/C18H25ClF3N5O2/c1-10(24-14(28)9-18(20,21)22)17(29)27-7-5-12(6-8-27)3-4-13-15(19)25-11(2)26-16(13)23/h10,12H,3-9H2,1-2H3,(H,24,28)(H2,23,25,26). The Morgan fingerprint density at radius 2 is 1.93 bits per heavy atom. The first kappa shape index (κ1) is 23.2. The van der Waals surface area contributed by atoms with E-state index in [1.807, 2.05) is 0 Å². The number of nitrogen functional groups attached to an aromatic ring is 1. The molecule has 0 bridgehead atoms. The van der Waals surface area contributed by atoms with Crippen LogP contribution in [0.2, 0.25) is 5.15 Å². The van der Waals surface area contributed by atoms with Crippen LogP contribution in [0.3, 0.4) is 0 Å². The molecule has 29 heavy (non-hydrogen) atoms. The van der Waals surface area contributed by atoms with Crippen molar-refractivity contribution in [3.8, 4) is 0 Å². The summed E-state index contributed by atoms with van der Waals surface area (Å²) in [6, 6.07) is -0.996. The van der Waals surface area contributed by atoms with Crippen LogP contribution in [0, 0.1) is 12.8 Å². The summed E-state index contributed by atoms with van der Waals surface area (Å²) in [6.45, 7) is 4.07. The molecule has 3 N–H and O–H groups in total. The van der Waals surface area contributed by atoms with Crippen LogP contribution >= 0.6 is 11.6 Å². The molecule has 1 aromatic rings. The topological polar surface area (TPSA) is 101 Å². The molecular formula is C18H25ClF3N5O2. The van der Waals surface area contributed by atoms with Crippen LogP contribution in [0.5, 0.6) is 0 Å². The van der Waals surface area contributed by atoms with E-state index in [9.17, 15) is 22.8 Å². The lowest BCUT2D eigenvalue weighted by Gasteiger charge is -2.33. The van der Waals surface area contributed by atoms with Crippen molar-refractivity contribution in [2.24, 2.45) is 5.92 Å². The van der Waals surface area contributed by atoms with Gasteiger partial charge in [-0.1, -0.05) is 11.6 Å². The molecule has 0 spiro atoms. The summed E-state index contributed by atoms with van der Waals surface area (Å²) < 4.78 is 36.7. The van der Waals surface area contributed by atoms with Crippen molar-refractivity contribution in [1.29, 1.82) is 0 Å². The maximum atomic E-state index is 12.4. The van der Waals surface area contributed by atoms with Crippen molar-refractivity contribution in [3.05, 3.63) is 16.5 Å². The second-order valence-electron chi connectivity index (χ2n) is 7.31. The molecule has 1 aliphatic heterocycles. The number of aryl methyl sites for hydroxylation is 1.